The lowest BCUT2D eigenvalue weighted by Gasteiger charge is -2.26. The van der Waals surface area contributed by atoms with Crippen LogP contribution in [0, 0.1) is 12.8 Å². The van der Waals surface area contributed by atoms with E-state index in [0.717, 1.165) is 10.5 Å². The third kappa shape index (κ3) is 3.64. The molecular formula is C17H24N2O4. The molecule has 6 nitrogen and oxygen atoms in total. The van der Waals surface area contributed by atoms with E-state index in [0.29, 0.717) is 5.75 Å². The van der Waals surface area contributed by atoms with Crippen molar-refractivity contribution in [3.63, 3.8) is 0 Å². The zero-order chi connectivity index (χ0) is 17.2. The molecule has 1 heterocycles. The highest BCUT2D eigenvalue weighted by atomic mass is 16.5. The summed E-state index contributed by atoms with van der Waals surface area (Å²) in [6.07, 6.45) is -0.944. The van der Waals surface area contributed by atoms with Crippen LogP contribution in [0.15, 0.2) is 24.3 Å². The Morgan fingerprint density at radius 2 is 1.87 bits per heavy atom. The lowest BCUT2D eigenvalue weighted by Crippen LogP contribution is -2.49. The Labute approximate surface area is 136 Å². The molecule has 3 amide bonds. The van der Waals surface area contributed by atoms with Crippen LogP contribution in [0.5, 0.6) is 5.75 Å². The number of nitrogens with zero attached hydrogens (tertiary/aromatic N) is 1. The maximum Gasteiger partial charge on any atom is 0.325 e. The normalized spacial score (nSPS) is 22.4. The number of aliphatic hydroxyl groups is 1. The lowest BCUT2D eigenvalue weighted by atomic mass is 9.88. The molecule has 2 atom stereocenters. The molecule has 0 bridgehead atoms. The fourth-order valence-electron chi connectivity index (χ4n) is 2.36. The zero-order valence-electron chi connectivity index (χ0n) is 14.0. The van der Waals surface area contributed by atoms with E-state index in [-0.39, 0.29) is 25.0 Å². The molecule has 1 aliphatic rings. The van der Waals surface area contributed by atoms with E-state index in [2.05, 4.69) is 5.32 Å². The summed E-state index contributed by atoms with van der Waals surface area (Å²) >= 11 is 0. The topological polar surface area (TPSA) is 78.9 Å². The van der Waals surface area contributed by atoms with Crippen molar-refractivity contribution in [1.29, 1.82) is 0 Å². The number of urea groups is 1. The van der Waals surface area contributed by atoms with Crippen LogP contribution in [-0.4, -0.2) is 46.7 Å². The van der Waals surface area contributed by atoms with E-state index >= 15 is 0 Å². The van der Waals surface area contributed by atoms with Gasteiger partial charge in [-0.1, -0.05) is 31.5 Å². The number of carbonyl (C=O) groups is 2. The molecule has 1 fully saturated rings. The maximum absolute atomic E-state index is 12.4. The van der Waals surface area contributed by atoms with Crippen LogP contribution in [-0.2, 0) is 4.79 Å². The zero-order valence-corrected chi connectivity index (χ0v) is 14.0. The Morgan fingerprint density at radius 1 is 1.26 bits per heavy atom. The molecule has 1 saturated heterocycles. The average molecular weight is 320 g/mol. The first-order valence-electron chi connectivity index (χ1n) is 7.75. The highest BCUT2D eigenvalue weighted by Crippen LogP contribution is 2.25. The number of benzene rings is 1. The summed E-state index contributed by atoms with van der Waals surface area (Å²) in [7, 11) is 0. The summed E-state index contributed by atoms with van der Waals surface area (Å²) in [5.74, 6) is 0.288. The second-order valence-corrected chi connectivity index (χ2v) is 6.48. The number of ether oxygens (including phenoxy) is 1. The Bertz CT molecular complexity index is 585. The molecule has 0 unspecified atom stereocenters. The standard InChI is InChI=1S/C17H24N2O4/c1-11(2)17(4)15(21)19(16(22)18-17)9-13(20)10-23-14-7-5-12(3)6-8-14/h5-8,11,13,20H,9-10H2,1-4H3,(H,18,22)/t13-,17+/m0/s1. The van der Waals surface area contributed by atoms with Gasteiger partial charge >= 0.3 is 6.03 Å². The van der Waals surface area contributed by atoms with Gasteiger partial charge in [0.05, 0.1) is 6.54 Å². The maximum atomic E-state index is 12.4. The average Bonchev–Trinajstić information content (AvgIpc) is 2.71. The van der Waals surface area contributed by atoms with Crippen LogP contribution in [0.2, 0.25) is 0 Å². The molecule has 0 spiro atoms. The summed E-state index contributed by atoms with van der Waals surface area (Å²) in [5.41, 5.74) is 0.194. The highest BCUT2D eigenvalue weighted by Gasteiger charge is 2.49. The molecular weight excluding hydrogens is 296 g/mol. The molecule has 1 aromatic rings. The van der Waals surface area contributed by atoms with E-state index in [9.17, 15) is 14.7 Å². The molecule has 23 heavy (non-hydrogen) atoms. The first-order valence-corrected chi connectivity index (χ1v) is 7.75. The number of nitrogens with one attached hydrogen (secondary N) is 1. The van der Waals surface area contributed by atoms with E-state index < -0.39 is 17.7 Å². The van der Waals surface area contributed by atoms with E-state index in [1.807, 2.05) is 45.0 Å². The van der Waals surface area contributed by atoms with Gasteiger partial charge in [-0.25, -0.2) is 4.79 Å². The fraction of sp³-hybridized carbons (Fsp3) is 0.529. The first kappa shape index (κ1) is 17.3. The lowest BCUT2D eigenvalue weighted by molar-refractivity contribution is -0.133. The largest absolute Gasteiger partial charge is 0.491 e. The second kappa shape index (κ2) is 6.58. The predicted molar refractivity (Wildman–Crippen MR) is 86.2 cm³/mol. The molecule has 0 radical (unpaired) electrons. The third-order valence-corrected chi connectivity index (χ3v) is 4.31. The predicted octanol–water partition coefficient (Wildman–Crippen LogP) is 1.70. The molecule has 1 aromatic carbocycles. The number of hydrogen-bond donors (Lipinski definition) is 2. The van der Waals surface area contributed by atoms with Gasteiger partial charge in [-0.15, -0.1) is 0 Å². The van der Waals surface area contributed by atoms with Gasteiger partial charge in [-0.05, 0) is 31.9 Å². The third-order valence-electron chi connectivity index (χ3n) is 4.31. The van der Waals surface area contributed by atoms with Gasteiger partial charge in [0.15, 0.2) is 0 Å². The minimum absolute atomic E-state index is 0.0124. The number of rotatable bonds is 6. The number of β-amino-alcohol motifs (C(OH)–C–C–N with tert-alkyl or cyclic N) is 1. The van der Waals surface area contributed by atoms with E-state index in [1.54, 1.807) is 6.92 Å². The Kier molecular flexibility index (Phi) is 4.94. The fourth-order valence-corrected chi connectivity index (χ4v) is 2.36. The van der Waals surface area contributed by atoms with Gasteiger partial charge in [-0.2, -0.15) is 0 Å². The highest BCUT2D eigenvalue weighted by molar-refractivity contribution is 6.06. The molecule has 0 saturated carbocycles. The number of amides is 3. The van der Waals surface area contributed by atoms with Crippen LogP contribution in [0.4, 0.5) is 4.79 Å². The summed E-state index contributed by atoms with van der Waals surface area (Å²) in [5, 5.41) is 12.8. The van der Waals surface area contributed by atoms with Crippen molar-refractivity contribution >= 4 is 11.9 Å². The van der Waals surface area contributed by atoms with Crippen LogP contribution < -0.4 is 10.1 Å². The number of carbonyl (C=O) groups excluding carboxylic acids is 2. The molecule has 0 aliphatic carbocycles. The van der Waals surface area contributed by atoms with Crippen LogP contribution >= 0.6 is 0 Å². The van der Waals surface area contributed by atoms with Crippen molar-refractivity contribution in [1.82, 2.24) is 10.2 Å². The second-order valence-electron chi connectivity index (χ2n) is 6.48. The number of hydrogen-bond acceptors (Lipinski definition) is 4. The van der Waals surface area contributed by atoms with E-state index in [1.165, 1.54) is 0 Å². The summed E-state index contributed by atoms with van der Waals surface area (Å²) in [4.78, 5) is 25.5. The quantitative estimate of drug-likeness (QED) is 0.782. The van der Waals surface area contributed by atoms with Gasteiger partial charge in [-0.3, -0.25) is 9.69 Å². The minimum atomic E-state index is -0.944. The molecule has 126 valence electrons. The summed E-state index contributed by atoms with van der Waals surface area (Å²) in [6, 6.07) is 6.97. The Morgan fingerprint density at radius 3 is 2.39 bits per heavy atom. The van der Waals surface area contributed by atoms with Crippen LogP contribution in [0.1, 0.15) is 26.3 Å². The van der Waals surface area contributed by atoms with E-state index in [4.69, 9.17) is 4.74 Å². The van der Waals surface area contributed by atoms with Crippen molar-refractivity contribution in [2.24, 2.45) is 5.92 Å². The van der Waals surface area contributed by atoms with Crippen molar-refractivity contribution in [3.05, 3.63) is 29.8 Å². The van der Waals surface area contributed by atoms with Gasteiger partial charge in [0.1, 0.15) is 24.0 Å². The van der Waals surface area contributed by atoms with Gasteiger partial charge in [0.25, 0.3) is 5.91 Å². The van der Waals surface area contributed by atoms with Crippen LogP contribution in [0.3, 0.4) is 0 Å². The van der Waals surface area contributed by atoms with Crippen molar-refractivity contribution in [2.45, 2.75) is 39.3 Å². The van der Waals surface area contributed by atoms with Crippen LogP contribution in [0.25, 0.3) is 0 Å². The molecule has 2 rings (SSSR count). The molecule has 6 heteroatoms. The Balaban J connectivity index is 1.92. The van der Waals surface area contributed by atoms with Gasteiger partial charge in [0.2, 0.25) is 0 Å². The number of imide groups is 1. The van der Waals surface area contributed by atoms with Gasteiger partial charge in [0, 0.05) is 0 Å². The van der Waals surface area contributed by atoms with Gasteiger partial charge < -0.3 is 15.2 Å². The van der Waals surface area contributed by atoms with Crippen molar-refractivity contribution < 1.29 is 19.4 Å². The molecule has 1 aliphatic heterocycles. The first-order chi connectivity index (χ1) is 10.7. The monoisotopic (exact) mass is 320 g/mol. The molecule has 0 aromatic heterocycles. The summed E-state index contributed by atoms with van der Waals surface area (Å²) < 4.78 is 5.48. The smallest absolute Gasteiger partial charge is 0.325 e. The number of aryl methyl sites for hydroxylation is 1. The SMILES string of the molecule is Cc1ccc(OC[C@@H](O)CN2C(=O)N[C@](C)(C(C)C)C2=O)cc1. The molecule has 2 N–H and O–H groups in total. The van der Waals surface area contributed by atoms with Crippen molar-refractivity contribution in [3.8, 4) is 5.75 Å². The Hall–Kier alpha value is -2.08. The minimum Gasteiger partial charge on any atom is -0.491 e. The number of aliphatic hydroxyl groups excluding tert-OH is 1. The van der Waals surface area contributed by atoms with Crippen molar-refractivity contribution in [2.75, 3.05) is 13.2 Å². The summed E-state index contributed by atoms with van der Waals surface area (Å²) in [6.45, 7) is 7.35.